The van der Waals surface area contributed by atoms with Crippen LogP contribution in [0.25, 0.3) is 0 Å². The fourth-order valence-electron chi connectivity index (χ4n) is 1.64. The van der Waals surface area contributed by atoms with Gasteiger partial charge in [-0.05, 0) is 12.0 Å². The van der Waals surface area contributed by atoms with E-state index in [1.54, 1.807) is 6.07 Å². The Hall–Kier alpha value is -2.15. The standard InChI is InChI=1S/C13H13N3O3S/c1-2-10-7-12(17)15-13(14-10)20-8-9-4-3-5-11(6-9)16(18)19/h3-7H,2,8H2,1H3,(H,14,15,17). The van der Waals surface area contributed by atoms with Crippen LogP contribution in [0.2, 0.25) is 0 Å². The molecule has 2 rings (SSSR count). The third-order valence-corrected chi connectivity index (χ3v) is 3.58. The van der Waals surface area contributed by atoms with Crippen LogP contribution in [-0.2, 0) is 12.2 Å². The lowest BCUT2D eigenvalue weighted by atomic mass is 10.2. The van der Waals surface area contributed by atoms with Gasteiger partial charge in [-0.2, -0.15) is 0 Å². The van der Waals surface area contributed by atoms with E-state index in [0.29, 0.717) is 17.3 Å². The number of nitrogens with zero attached hydrogens (tertiary/aromatic N) is 2. The smallest absolute Gasteiger partial charge is 0.269 e. The molecule has 1 N–H and O–H groups in total. The number of aromatic nitrogens is 2. The summed E-state index contributed by atoms with van der Waals surface area (Å²) >= 11 is 1.35. The molecule has 104 valence electrons. The zero-order valence-corrected chi connectivity index (χ0v) is 11.6. The third kappa shape index (κ3) is 3.67. The summed E-state index contributed by atoms with van der Waals surface area (Å²) in [5.41, 5.74) is 1.43. The molecule has 1 aromatic heterocycles. The van der Waals surface area contributed by atoms with Crippen molar-refractivity contribution in [2.75, 3.05) is 0 Å². The van der Waals surface area contributed by atoms with E-state index >= 15 is 0 Å². The molecule has 0 saturated heterocycles. The molecule has 0 aliphatic heterocycles. The third-order valence-electron chi connectivity index (χ3n) is 2.63. The van der Waals surface area contributed by atoms with Crippen molar-refractivity contribution in [3.63, 3.8) is 0 Å². The molecule has 0 fully saturated rings. The van der Waals surface area contributed by atoms with Gasteiger partial charge in [0.15, 0.2) is 5.16 Å². The number of thioether (sulfide) groups is 1. The Morgan fingerprint density at radius 3 is 2.90 bits per heavy atom. The second kappa shape index (κ2) is 6.33. The van der Waals surface area contributed by atoms with Crippen molar-refractivity contribution in [1.82, 2.24) is 9.97 Å². The molecule has 20 heavy (non-hydrogen) atoms. The first-order valence-corrected chi connectivity index (χ1v) is 7.03. The normalized spacial score (nSPS) is 10.4. The molecular formula is C13H13N3O3S. The number of rotatable bonds is 5. The molecule has 0 bridgehead atoms. The molecule has 6 nitrogen and oxygen atoms in total. The lowest BCUT2D eigenvalue weighted by Gasteiger charge is -2.03. The largest absolute Gasteiger partial charge is 0.301 e. The molecule has 0 atom stereocenters. The van der Waals surface area contributed by atoms with Crippen molar-refractivity contribution in [2.24, 2.45) is 0 Å². The highest BCUT2D eigenvalue weighted by atomic mass is 32.2. The summed E-state index contributed by atoms with van der Waals surface area (Å²) in [4.78, 5) is 28.6. The van der Waals surface area contributed by atoms with Gasteiger partial charge in [0.25, 0.3) is 11.2 Å². The molecule has 0 aliphatic carbocycles. The fourth-order valence-corrected chi connectivity index (χ4v) is 2.48. The summed E-state index contributed by atoms with van der Waals surface area (Å²) in [6.07, 6.45) is 0.689. The zero-order valence-electron chi connectivity index (χ0n) is 10.8. The van der Waals surface area contributed by atoms with Crippen LogP contribution in [0, 0.1) is 10.1 Å². The number of non-ortho nitro benzene ring substituents is 1. The van der Waals surface area contributed by atoms with Crippen LogP contribution in [0.5, 0.6) is 0 Å². The molecule has 1 aromatic carbocycles. The first-order valence-electron chi connectivity index (χ1n) is 6.05. The van der Waals surface area contributed by atoms with Gasteiger partial charge < -0.3 is 4.98 Å². The number of aromatic amines is 1. The van der Waals surface area contributed by atoms with Gasteiger partial charge in [-0.1, -0.05) is 30.8 Å². The van der Waals surface area contributed by atoms with Crippen molar-refractivity contribution >= 4 is 17.4 Å². The van der Waals surface area contributed by atoms with Crippen LogP contribution in [0.15, 0.2) is 40.3 Å². The molecule has 7 heteroatoms. The molecule has 0 amide bonds. The predicted molar refractivity (Wildman–Crippen MR) is 76.9 cm³/mol. The Bertz CT molecular complexity index is 685. The van der Waals surface area contributed by atoms with Gasteiger partial charge in [-0.3, -0.25) is 14.9 Å². The maximum Gasteiger partial charge on any atom is 0.269 e. The zero-order chi connectivity index (χ0) is 14.5. The van der Waals surface area contributed by atoms with E-state index in [9.17, 15) is 14.9 Å². The van der Waals surface area contributed by atoms with E-state index in [1.165, 1.54) is 30.0 Å². The highest BCUT2D eigenvalue weighted by Gasteiger charge is 2.07. The highest BCUT2D eigenvalue weighted by molar-refractivity contribution is 7.98. The number of nitro groups is 1. The number of H-pyrrole nitrogens is 1. The van der Waals surface area contributed by atoms with Crippen molar-refractivity contribution in [3.8, 4) is 0 Å². The van der Waals surface area contributed by atoms with E-state index in [1.807, 2.05) is 13.0 Å². The predicted octanol–water partition coefficient (Wildman–Crippen LogP) is 2.53. The first-order chi connectivity index (χ1) is 9.58. The molecule has 0 unspecified atom stereocenters. The van der Waals surface area contributed by atoms with Gasteiger partial charge in [-0.25, -0.2) is 4.98 Å². The van der Waals surface area contributed by atoms with Crippen LogP contribution in [0.4, 0.5) is 5.69 Å². The van der Waals surface area contributed by atoms with E-state index in [-0.39, 0.29) is 11.2 Å². The van der Waals surface area contributed by atoms with Crippen LogP contribution >= 0.6 is 11.8 Å². The summed E-state index contributed by atoms with van der Waals surface area (Å²) in [5.74, 6) is 0.512. The number of aryl methyl sites for hydroxylation is 1. The van der Waals surface area contributed by atoms with Crippen molar-refractivity contribution in [1.29, 1.82) is 0 Å². The minimum Gasteiger partial charge on any atom is -0.301 e. The van der Waals surface area contributed by atoms with Crippen LogP contribution in [0.3, 0.4) is 0 Å². The minimum atomic E-state index is -0.425. The summed E-state index contributed by atoms with van der Waals surface area (Å²) in [5, 5.41) is 11.2. The van der Waals surface area contributed by atoms with Gasteiger partial charge in [0.1, 0.15) is 0 Å². The lowest BCUT2D eigenvalue weighted by Crippen LogP contribution is -2.09. The van der Waals surface area contributed by atoms with E-state index < -0.39 is 4.92 Å². The second-order valence-corrected chi connectivity index (χ2v) is 5.08. The van der Waals surface area contributed by atoms with Gasteiger partial charge in [0.05, 0.1) is 4.92 Å². The Morgan fingerprint density at radius 2 is 2.20 bits per heavy atom. The summed E-state index contributed by atoms with van der Waals surface area (Å²) in [7, 11) is 0. The topological polar surface area (TPSA) is 88.9 Å². The number of nitro benzene ring substituents is 1. The van der Waals surface area contributed by atoms with Gasteiger partial charge >= 0.3 is 0 Å². The lowest BCUT2D eigenvalue weighted by molar-refractivity contribution is -0.384. The monoisotopic (exact) mass is 291 g/mol. The summed E-state index contributed by atoms with van der Waals surface area (Å²) in [6.45, 7) is 1.93. The molecule has 1 heterocycles. The van der Waals surface area contributed by atoms with Crippen molar-refractivity contribution < 1.29 is 4.92 Å². The SMILES string of the molecule is CCc1cc(=O)[nH]c(SCc2cccc([N+](=O)[O-])c2)n1. The van der Waals surface area contributed by atoms with Gasteiger partial charge in [0, 0.05) is 29.6 Å². The molecule has 0 spiro atoms. The average molecular weight is 291 g/mol. The second-order valence-electron chi connectivity index (χ2n) is 4.11. The first kappa shape index (κ1) is 14.3. The van der Waals surface area contributed by atoms with Crippen LogP contribution in [0.1, 0.15) is 18.2 Å². The molecule has 0 saturated carbocycles. The Kier molecular flexibility index (Phi) is 4.52. The van der Waals surface area contributed by atoms with E-state index in [0.717, 1.165) is 11.3 Å². The fraction of sp³-hybridized carbons (Fsp3) is 0.231. The van der Waals surface area contributed by atoms with E-state index in [2.05, 4.69) is 9.97 Å². The summed E-state index contributed by atoms with van der Waals surface area (Å²) < 4.78 is 0. The Balaban J connectivity index is 2.12. The van der Waals surface area contributed by atoms with Gasteiger partial charge in [0.2, 0.25) is 0 Å². The van der Waals surface area contributed by atoms with Crippen LogP contribution in [-0.4, -0.2) is 14.9 Å². The summed E-state index contributed by atoms with van der Waals surface area (Å²) in [6, 6.07) is 7.90. The maximum absolute atomic E-state index is 11.4. The minimum absolute atomic E-state index is 0.0619. The Labute approximate surface area is 119 Å². The molecular weight excluding hydrogens is 278 g/mol. The molecule has 2 aromatic rings. The molecule has 0 aliphatic rings. The van der Waals surface area contributed by atoms with E-state index in [4.69, 9.17) is 0 Å². The number of hydrogen-bond donors (Lipinski definition) is 1. The molecule has 0 radical (unpaired) electrons. The highest BCUT2D eigenvalue weighted by Crippen LogP contribution is 2.21. The quantitative estimate of drug-likeness (QED) is 0.396. The van der Waals surface area contributed by atoms with Crippen LogP contribution < -0.4 is 5.56 Å². The average Bonchev–Trinajstić information content (AvgIpc) is 2.44. The van der Waals surface area contributed by atoms with Crippen molar-refractivity contribution in [3.05, 3.63) is 62.1 Å². The number of benzene rings is 1. The Morgan fingerprint density at radius 1 is 1.40 bits per heavy atom. The number of hydrogen-bond acceptors (Lipinski definition) is 5. The maximum atomic E-state index is 11.4. The van der Waals surface area contributed by atoms with Gasteiger partial charge in [-0.15, -0.1) is 0 Å². The van der Waals surface area contributed by atoms with Crippen molar-refractivity contribution in [2.45, 2.75) is 24.3 Å². The number of nitrogens with one attached hydrogen (secondary N) is 1.